The normalized spacial score (nSPS) is 13.7. The average molecular weight is 257 g/mol. The number of anilines is 1. The number of hydrogen-bond acceptors (Lipinski definition) is 3. The van der Waals surface area contributed by atoms with Crippen LogP contribution in [0.3, 0.4) is 0 Å². The van der Waals surface area contributed by atoms with Crippen molar-refractivity contribution in [3.63, 3.8) is 0 Å². The number of nitriles is 1. The van der Waals surface area contributed by atoms with Crippen LogP contribution in [0.4, 0.5) is 5.69 Å². The van der Waals surface area contributed by atoms with E-state index in [0.717, 1.165) is 25.1 Å². The summed E-state index contributed by atoms with van der Waals surface area (Å²) in [5, 5.41) is 8.89. The van der Waals surface area contributed by atoms with Crippen LogP contribution >= 0.6 is 0 Å². The molecule has 1 aromatic rings. The Morgan fingerprint density at radius 1 is 1.47 bits per heavy atom. The number of nitrogens with zero attached hydrogens (tertiary/aromatic N) is 3. The smallest absolute Gasteiger partial charge is 0.242 e. The molecule has 1 aromatic carbocycles. The number of likely N-dealkylation sites (N-methyl/N-ethyl adjacent to an activating group) is 2. The molecule has 0 spiro atoms. The molecule has 0 heterocycles. The fourth-order valence-electron chi connectivity index (χ4n) is 2.22. The molecule has 100 valence electrons. The molecule has 2 rings (SSSR count). The Morgan fingerprint density at radius 3 is 2.79 bits per heavy atom. The Kier molecular flexibility index (Phi) is 4.06. The van der Waals surface area contributed by atoms with E-state index in [4.69, 9.17) is 5.26 Å². The Morgan fingerprint density at radius 2 is 2.21 bits per heavy atom. The van der Waals surface area contributed by atoms with Crippen molar-refractivity contribution in [3.8, 4) is 6.07 Å². The van der Waals surface area contributed by atoms with Gasteiger partial charge >= 0.3 is 0 Å². The lowest BCUT2D eigenvalue weighted by molar-refractivity contribution is -0.130. The summed E-state index contributed by atoms with van der Waals surface area (Å²) in [7, 11) is 1.88. The van der Waals surface area contributed by atoms with Crippen molar-refractivity contribution in [2.75, 3.05) is 25.0 Å². The summed E-state index contributed by atoms with van der Waals surface area (Å²) in [6.45, 7) is 3.15. The van der Waals surface area contributed by atoms with E-state index in [1.54, 1.807) is 12.1 Å². The van der Waals surface area contributed by atoms with Crippen LogP contribution in [0.1, 0.15) is 25.3 Å². The third kappa shape index (κ3) is 3.25. The first-order valence-corrected chi connectivity index (χ1v) is 6.66. The van der Waals surface area contributed by atoms with Crippen LogP contribution in [-0.4, -0.2) is 37.0 Å². The maximum absolute atomic E-state index is 12.2. The number of carbonyl (C=O) groups is 1. The molecule has 4 nitrogen and oxygen atoms in total. The van der Waals surface area contributed by atoms with Crippen molar-refractivity contribution in [3.05, 3.63) is 29.8 Å². The summed E-state index contributed by atoms with van der Waals surface area (Å²) in [4.78, 5) is 16.1. The number of carbonyl (C=O) groups excluding carboxylic acids is 1. The van der Waals surface area contributed by atoms with E-state index in [1.165, 1.54) is 0 Å². The molecule has 0 aliphatic heterocycles. The van der Waals surface area contributed by atoms with Crippen LogP contribution in [-0.2, 0) is 4.79 Å². The molecule has 0 aromatic heterocycles. The highest BCUT2D eigenvalue weighted by atomic mass is 16.2. The Hall–Kier alpha value is -2.02. The molecule has 0 unspecified atom stereocenters. The maximum Gasteiger partial charge on any atom is 0.242 e. The first-order chi connectivity index (χ1) is 9.15. The summed E-state index contributed by atoms with van der Waals surface area (Å²) in [5.41, 5.74) is 1.52. The van der Waals surface area contributed by atoms with Crippen molar-refractivity contribution in [2.45, 2.75) is 25.8 Å². The van der Waals surface area contributed by atoms with E-state index in [2.05, 4.69) is 6.07 Å². The predicted molar refractivity (Wildman–Crippen MR) is 74.8 cm³/mol. The van der Waals surface area contributed by atoms with Crippen molar-refractivity contribution in [1.82, 2.24) is 4.90 Å². The topological polar surface area (TPSA) is 47.3 Å². The summed E-state index contributed by atoms with van der Waals surface area (Å²) in [6.07, 6.45) is 2.26. The van der Waals surface area contributed by atoms with E-state index in [9.17, 15) is 4.79 Å². The molecular formula is C15H19N3O. The van der Waals surface area contributed by atoms with Crippen LogP contribution in [0.15, 0.2) is 24.3 Å². The van der Waals surface area contributed by atoms with Gasteiger partial charge in [-0.15, -0.1) is 0 Å². The molecule has 1 amide bonds. The SMILES string of the molecule is CCN(C(=O)CN(C)c1cccc(C#N)c1)C1CC1. The van der Waals surface area contributed by atoms with Crippen LogP contribution in [0.2, 0.25) is 0 Å². The van der Waals surface area contributed by atoms with Crippen molar-refractivity contribution >= 4 is 11.6 Å². The first kappa shape index (κ1) is 13.4. The average Bonchev–Trinajstić information content (AvgIpc) is 3.24. The minimum atomic E-state index is 0.162. The molecule has 0 atom stereocenters. The molecule has 1 saturated carbocycles. The van der Waals surface area contributed by atoms with E-state index in [-0.39, 0.29) is 5.91 Å². The Balaban J connectivity index is 2.01. The number of amides is 1. The second-order valence-electron chi connectivity index (χ2n) is 4.93. The van der Waals surface area contributed by atoms with Crippen molar-refractivity contribution in [1.29, 1.82) is 5.26 Å². The summed E-state index contributed by atoms with van der Waals surface area (Å²) < 4.78 is 0. The Labute approximate surface area is 114 Å². The minimum absolute atomic E-state index is 0.162. The largest absolute Gasteiger partial charge is 0.365 e. The highest BCUT2D eigenvalue weighted by molar-refractivity contribution is 5.82. The number of benzene rings is 1. The second kappa shape index (κ2) is 5.75. The van der Waals surface area contributed by atoms with E-state index in [0.29, 0.717) is 18.2 Å². The lowest BCUT2D eigenvalue weighted by atomic mass is 10.2. The van der Waals surface area contributed by atoms with Gasteiger partial charge in [0.25, 0.3) is 0 Å². The quantitative estimate of drug-likeness (QED) is 0.810. The van der Waals surface area contributed by atoms with Crippen molar-refractivity contribution in [2.24, 2.45) is 0 Å². The fraction of sp³-hybridized carbons (Fsp3) is 0.467. The Bertz CT molecular complexity index is 502. The van der Waals surface area contributed by atoms with Crippen LogP contribution < -0.4 is 4.90 Å². The zero-order chi connectivity index (χ0) is 13.8. The fourth-order valence-corrected chi connectivity index (χ4v) is 2.22. The molecule has 0 saturated heterocycles. The van der Waals surface area contributed by atoms with Gasteiger partial charge in [0.2, 0.25) is 5.91 Å². The monoisotopic (exact) mass is 257 g/mol. The van der Waals surface area contributed by atoms with Gasteiger partial charge in [-0.1, -0.05) is 6.07 Å². The lowest BCUT2D eigenvalue weighted by Gasteiger charge is -2.25. The van der Waals surface area contributed by atoms with Crippen LogP contribution in [0.25, 0.3) is 0 Å². The number of hydrogen-bond donors (Lipinski definition) is 0. The zero-order valence-electron chi connectivity index (χ0n) is 11.5. The lowest BCUT2D eigenvalue weighted by Crippen LogP contribution is -2.40. The molecule has 19 heavy (non-hydrogen) atoms. The van der Waals surface area contributed by atoms with Gasteiger partial charge in [-0.2, -0.15) is 5.26 Å². The minimum Gasteiger partial charge on any atom is -0.365 e. The van der Waals surface area contributed by atoms with Crippen LogP contribution in [0, 0.1) is 11.3 Å². The van der Waals surface area contributed by atoms with Gasteiger partial charge in [-0.05, 0) is 38.0 Å². The third-order valence-corrected chi connectivity index (χ3v) is 3.44. The predicted octanol–water partition coefficient (Wildman–Crippen LogP) is 2.01. The standard InChI is InChI=1S/C15H19N3O/c1-3-18(13-7-8-13)15(19)11-17(2)14-6-4-5-12(9-14)10-16/h4-6,9,13H,3,7-8,11H2,1-2H3. The second-order valence-corrected chi connectivity index (χ2v) is 4.93. The molecular weight excluding hydrogens is 238 g/mol. The van der Waals surface area contributed by atoms with Gasteiger partial charge in [0.15, 0.2) is 0 Å². The van der Waals surface area contributed by atoms with Gasteiger partial charge in [0.1, 0.15) is 0 Å². The third-order valence-electron chi connectivity index (χ3n) is 3.44. The van der Waals surface area contributed by atoms with Gasteiger partial charge < -0.3 is 9.80 Å². The van der Waals surface area contributed by atoms with Gasteiger partial charge in [0, 0.05) is 25.3 Å². The summed E-state index contributed by atoms with van der Waals surface area (Å²) in [5.74, 6) is 0.162. The van der Waals surface area contributed by atoms with Gasteiger partial charge in [-0.3, -0.25) is 4.79 Å². The van der Waals surface area contributed by atoms with E-state index in [1.807, 2.05) is 35.9 Å². The molecule has 1 aliphatic carbocycles. The first-order valence-electron chi connectivity index (χ1n) is 6.66. The molecule has 0 bridgehead atoms. The van der Waals surface area contributed by atoms with Crippen LogP contribution in [0.5, 0.6) is 0 Å². The molecule has 1 aliphatic rings. The summed E-state index contributed by atoms with van der Waals surface area (Å²) in [6, 6.07) is 9.90. The molecule has 0 N–H and O–H groups in total. The highest BCUT2D eigenvalue weighted by Gasteiger charge is 2.31. The molecule has 4 heteroatoms. The van der Waals surface area contributed by atoms with E-state index < -0.39 is 0 Å². The zero-order valence-corrected chi connectivity index (χ0v) is 11.5. The molecule has 1 fully saturated rings. The van der Waals surface area contributed by atoms with Gasteiger partial charge in [0.05, 0.1) is 18.2 Å². The molecule has 0 radical (unpaired) electrons. The van der Waals surface area contributed by atoms with Crippen molar-refractivity contribution < 1.29 is 4.79 Å². The summed E-state index contributed by atoms with van der Waals surface area (Å²) >= 11 is 0. The highest BCUT2D eigenvalue weighted by Crippen LogP contribution is 2.26. The van der Waals surface area contributed by atoms with E-state index >= 15 is 0 Å². The van der Waals surface area contributed by atoms with Gasteiger partial charge in [-0.25, -0.2) is 0 Å². The maximum atomic E-state index is 12.2. The number of rotatable bonds is 5.